The summed E-state index contributed by atoms with van der Waals surface area (Å²) in [6, 6.07) is 2.70. The lowest BCUT2D eigenvalue weighted by Gasteiger charge is -2.41. The molecule has 0 saturated carbocycles. The Morgan fingerprint density at radius 1 is 1.23 bits per heavy atom. The molecular weight excluding hydrogens is 619 g/mol. The number of halogens is 1. The zero-order chi connectivity index (χ0) is 28.4. The highest BCUT2D eigenvalue weighted by Crippen LogP contribution is 2.37. The van der Waals surface area contributed by atoms with Crippen LogP contribution in [0.5, 0.6) is 11.5 Å². The summed E-state index contributed by atoms with van der Waals surface area (Å²) in [5.41, 5.74) is 1.01. The van der Waals surface area contributed by atoms with Crippen LogP contribution in [-0.4, -0.2) is 89.8 Å². The molecule has 218 valence electrons. The van der Waals surface area contributed by atoms with Crippen LogP contribution in [0.15, 0.2) is 23.8 Å². The third kappa shape index (κ3) is 8.29. The summed E-state index contributed by atoms with van der Waals surface area (Å²) in [5.74, 6) is 0.184. The summed E-state index contributed by atoms with van der Waals surface area (Å²) < 4.78 is 18.2. The number of methoxy groups -OCH3 is 1. The van der Waals surface area contributed by atoms with E-state index in [9.17, 15) is 24.9 Å². The quantitative estimate of drug-likeness (QED) is 0.176. The van der Waals surface area contributed by atoms with Gasteiger partial charge < -0.3 is 39.7 Å². The Kier molecular flexibility index (Phi) is 12.8. The van der Waals surface area contributed by atoms with E-state index in [1.54, 1.807) is 23.1 Å². The second-order valence-corrected chi connectivity index (χ2v) is 11.0. The van der Waals surface area contributed by atoms with Crippen molar-refractivity contribution >= 4 is 34.4 Å². The number of amides is 2. The van der Waals surface area contributed by atoms with E-state index in [0.717, 1.165) is 32.1 Å². The molecule has 0 bridgehead atoms. The summed E-state index contributed by atoms with van der Waals surface area (Å²) in [6.07, 6.45) is 4.29. The first-order chi connectivity index (χ1) is 18.8. The Morgan fingerprint density at radius 3 is 2.67 bits per heavy atom. The molecular formula is C28H41IN2O8. The molecule has 0 aromatic heterocycles. The number of nitrogens with one attached hydrogen (secondary N) is 1. The second kappa shape index (κ2) is 15.8. The molecule has 0 spiro atoms. The number of carbonyl (C=O) groups excluding carboxylic acids is 2. The van der Waals surface area contributed by atoms with E-state index in [2.05, 4.69) is 34.8 Å². The van der Waals surface area contributed by atoms with Crippen LogP contribution in [-0.2, 0) is 20.9 Å². The summed E-state index contributed by atoms with van der Waals surface area (Å²) in [4.78, 5) is 28.3. The number of nitrogens with zero attached hydrogens (tertiary/aromatic N) is 1. The Bertz CT molecular complexity index is 998. The van der Waals surface area contributed by atoms with Crippen LogP contribution in [0, 0.1) is 3.57 Å². The molecule has 1 unspecified atom stereocenters. The minimum absolute atomic E-state index is 0.0822. The van der Waals surface area contributed by atoms with E-state index in [4.69, 9.17) is 14.2 Å². The van der Waals surface area contributed by atoms with Gasteiger partial charge in [-0.1, -0.05) is 26.2 Å². The van der Waals surface area contributed by atoms with Crippen LogP contribution in [0.25, 0.3) is 0 Å². The average molecular weight is 661 g/mol. The summed E-state index contributed by atoms with van der Waals surface area (Å²) in [7, 11) is 1.49. The molecule has 4 atom stereocenters. The molecule has 10 nitrogen and oxygen atoms in total. The van der Waals surface area contributed by atoms with Gasteiger partial charge in [-0.05, 0) is 65.6 Å². The molecule has 1 fully saturated rings. The van der Waals surface area contributed by atoms with Gasteiger partial charge in [0.2, 0.25) is 5.91 Å². The maximum atomic E-state index is 13.6. The topological polar surface area (TPSA) is 138 Å². The van der Waals surface area contributed by atoms with Crippen molar-refractivity contribution in [3.8, 4) is 11.5 Å². The van der Waals surface area contributed by atoms with E-state index in [1.165, 1.54) is 7.11 Å². The van der Waals surface area contributed by atoms with Gasteiger partial charge in [0.25, 0.3) is 5.91 Å². The molecule has 4 N–H and O–H groups in total. The van der Waals surface area contributed by atoms with Gasteiger partial charge in [-0.25, -0.2) is 0 Å². The Labute approximate surface area is 243 Å². The number of rotatable bonds is 14. The molecule has 1 aromatic carbocycles. The van der Waals surface area contributed by atoms with Crippen molar-refractivity contribution in [2.24, 2.45) is 0 Å². The molecule has 11 heteroatoms. The van der Waals surface area contributed by atoms with Gasteiger partial charge in [-0.2, -0.15) is 0 Å². The minimum Gasteiger partial charge on any atom is -0.493 e. The zero-order valence-corrected chi connectivity index (χ0v) is 24.9. The van der Waals surface area contributed by atoms with Gasteiger partial charge in [0.15, 0.2) is 11.5 Å². The van der Waals surface area contributed by atoms with Gasteiger partial charge in [-0.3, -0.25) is 9.59 Å². The van der Waals surface area contributed by atoms with Crippen LogP contribution < -0.4 is 14.8 Å². The molecule has 1 saturated heterocycles. The van der Waals surface area contributed by atoms with Gasteiger partial charge in [0.05, 0.1) is 29.9 Å². The monoisotopic (exact) mass is 660 g/mol. The molecule has 2 amide bonds. The van der Waals surface area contributed by atoms with Crippen molar-refractivity contribution in [3.63, 3.8) is 0 Å². The van der Waals surface area contributed by atoms with Crippen LogP contribution in [0.3, 0.4) is 0 Å². The van der Waals surface area contributed by atoms with Gasteiger partial charge in [0.1, 0.15) is 18.3 Å². The Hall–Kier alpha value is -1.93. The average Bonchev–Trinajstić information content (AvgIpc) is 3.48. The molecule has 0 radical (unpaired) electrons. The van der Waals surface area contributed by atoms with Crippen molar-refractivity contribution in [2.75, 3.05) is 33.4 Å². The van der Waals surface area contributed by atoms with E-state index >= 15 is 0 Å². The molecule has 2 aliphatic rings. The lowest BCUT2D eigenvalue weighted by Crippen LogP contribution is -2.57. The number of benzene rings is 1. The molecule has 3 rings (SSSR count). The van der Waals surface area contributed by atoms with E-state index < -0.39 is 24.4 Å². The lowest BCUT2D eigenvalue weighted by molar-refractivity contribution is -0.148. The van der Waals surface area contributed by atoms with Crippen molar-refractivity contribution in [3.05, 3.63) is 32.9 Å². The zero-order valence-electron chi connectivity index (χ0n) is 22.7. The van der Waals surface area contributed by atoms with E-state index in [1.807, 2.05) is 0 Å². The van der Waals surface area contributed by atoms with Crippen molar-refractivity contribution in [1.29, 1.82) is 0 Å². The summed E-state index contributed by atoms with van der Waals surface area (Å²) in [5, 5.41) is 33.1. The summed E-state index contributed by atoms with van der Waals surface area (Å²) in [6.45, 7) is 2.78. The Balaban J connectivity index is 1.96. The standard InChI is InChI=1S/C28H41IN2O8/c1-3-4-5-6-10-31(28(36)22-8-7-12-38-22)21-15-19(27(35)30-9-11-32)16-23(25(21)34)39-26-20(29)13-18(17-33)14-24(26)37-2/h13-14,16,21-23,25,32-34H,3-12,15,17H2,1-2H3,(H,30,35)/t21-,22?,23+,25+/m1/s1. The second-order valence-electron chi connectivity index (χ2n) is 9.88. The maximum absolute atomic E-state index is 13.6. The SMILES string of the molecule is CCCCCCN(C(=O)C1CCCO1)[C@@H]1CC(C(=O)NCCO)=C[C@H](Oc2c(I)cc(CO)cc2OC)[C@H]1O. The highest BCUT2D eigenvalue weighted by molar-refractivity contribution is 14.1. The third-order valence-electron chi connectivity index (χ3n) is 7.08. The first-order valence-corrected chi connectivity index (χ1v) is 14.8. The molecule has 1 aliphatic carbocycles. The molecule has 1 aromatic rings. The number of aliphatic hydroxyl groups excluding tert-OH is 3. The van der Waals surface area contributed by atoms with Crippen LogP contribution in [0.2, 0.25) is 0 Å². The van der Waals surface area contributed by atoms with Gasteiger partial charge >= 0.3 is 0 Å². The normalized spacial score (nSPS) is 22.8. The fourth-order valence-electron chi connectivity index (χ4n) is 5.00. The van der Waals surface area contributed by atoms with Crippen molar-refractivity contribution in [1.82, 2.24) is 10.2 Å². The van der Waals surface area contributed by atoms with Gasteiger partial charge in [-0.15, -0.1) is 0 Å². The smallest absolute Gasteiger partial charge is 0.252 e. The number of aliphatic hydroxyl groups is 3. The Morgan fingerprint density at radius 2 is 2.03 bits per heavy atom. The molecule has 39 heavy (non-hydrogen) atoms. The van der Waals surface area contributed by atoms with Crippen molar-refractivity contribution in [2.45, 2.75) is 82.8 Å². The maximum Gasteiger partial charge on any atom is 0.252 e. The number of hydrogen-bond donors (Lipinski definition) is 4. The van der Waals surface area contributed by atoms with Crippen LogP contribution >= 0.6 is 22.6 Å². The molecule has 1 heterocycles. The van der Waals surface area contributed by atoms with Gasteiger partial charge in [0, 0.05) is 31.7 Å². The number of hydrogen-bond acceptors (Lipinski definition) is 8. The summed E-state index contributed by atoms with van der Waals surface area (Å²) >= 11 is 2.07. The first-order valence-electron chi connectivity index (χ1n) is 13.7. The minimum atomic E-state index is -1.13. The number of carbonyl (C=O) groups is 2. The van der Waals surface area contributed by atoms with E-state index in [-0.39, 0.29) is 38.0 Å². The predicted octanol–water partition coefficient (Wildman–Crippen LogP) is 2.30. The number of ether oxygens (including phenoxy) is 3. The fourth-order valence-corrected chi connectivity index (χ4v) is 5.79. The highest BCUT2D eigenvalue weighted by Gasteiger charge is 2.42. The van der Waals surface area contributed by atoms with Crippen LogP contribution in [0.1, 0.15) is 57.4 Å². The molecule has 1 aliphatic heterocycles. The number of unbranched alkanes of at least 4 members (excludes halogenated alkanes) is 3. The van der Waals surface area contributed by atoms with Crippen molar-refractivity contribution < 1.29 is 39.1 Å². The van der Waals surface area contributed by atoms with E-state index in [0.29, 0.717) is 45.8 Å². The lowest BCUT2D eigenvalue weighted by atomic mass is 9.87. The largest absolute Gasteiger partial charge is 0.493 e. The third-order valence-corrected chi connectivity index (χ3v) is 7.88. The van der Waals surface area contributed by atoms with Crippen LogP contribution in [0.4, 0.5) is 0 Å². The first kappa shape index (κ1) is 31.6. The predicted molar refractivity (Wildman–Crippen MR) is 153 cm³/mol. The highest BCUT2D eigenvalue weighted by atomic mass is 127. The fraction of sp³-hybridized carbons (Fsp3) is 0.643.